The molecule has 1 atom stereocenters. The number of nitrogens with one attached hydrogen (secondary N) is 1. The van der Waals surface area contributed by atoms with E-state index in [9.17, 15) is 13.2 Å². The van der Waals surface area contributed by atoms with E-state index in [0.717, 1.165) is 0 Å². The van der Waals surface area contributed by atoms with E-state index in [-0.39, 0.29) is 24.4 Å². The lowest BCUT2D eigenvalue weighted by atomic mass is 9.98. The summed E-state index contributed by atoms with van der Waals surface area (Å²) >= 11 is 0. The average Bonchev–Trinajstić information content (AvgIpc) is 3.33. The summed E-state index contributed by atoms with van der Waals surface area (Å²) in [4.78, 5) is 21.1. The molecule has 0 spiro atoms. The van der Waals surface area contributed by atoms with E-state index in [1.54, 1.807) is 53.7 Å². The quantitative estimate of drug-likeness (QED) is 0.671. The Hall–Kier alpha value is -3.27. The molecule has 0 radical (unpaired) electrons. The highest BCUT2D eigenvalue weighted by molar-refractivity contribution is 7.92. The maximum Gasteiger partial charge on any atom is 0.255 e. The van der Waals surface area contributed by atoms with E-state index >= 15 is 0 Å². The van der Waals surface area contributed by atoms with Crippen LogP contribution in [0.5, 0.6) is 0 Å². The molecule has 0 fully saturated rings. The van der Waals surface area contributed by atoms with Crippen LogP contribution in [0.2, 0.25) is 0 Å². The summed E-state index contributed by atoms with van der Waals surface area (Å²) in [5.41, 5.74) is 2.25. The molecule has 1 unspecified atom stereocenters. The summed E-state index contributed by atoms with van der Waals surface area (Å²) in [6, 6.07) is 8.60. The third-order valence-electron chi connectivity index (χ3n) is 4.97. The Morgan fingerprint density at radius 3 is 2.70 bits per heavy atom. The van der Waals surface area contributed by atoms with Crippen molar-refractivity contribution in [2.75, 3.05) is 22.4 Å². The molecular formula is C20H22N6O3S. The van der Waals surface area contributed by atoms with Gasteiger partial charge in [-0.05, 0) is 49.7 Å². The number of sulfonamides is 1. The van der Waals surface area contributed by atoms with Crippen LogP contribution in [0.4, 0.5) is 11.4 Å². The molecule has 10 heteroatoms. The van der Waals surface area contributed by atoms with Crippen molar-refractivity contribution in [3.63, 3.8) is 0 Å². The molecule has 3 aromatic rings. The number of pyridine rings is 1. The summed E-state index contributed by atoms with van der Waals surface area (Å²) in [5.74, 6) is -0.134. The number of anilines is 2. The zero-order valence-electron chi connectivity index (χ0n) is 16.8. The molecule has 1 N–H and O–H groups in total. The molecule has 0 saturated carbocycles. The maximum atomic E-state index is 12.7. The van der Waals surface area contributed by atoms with Crippen LogP contribution in [0.1, 0.15) is 47.6 Å². The van der Waals surface area contributed by atoms with Gasteiger partial charge in [-0.1, -0.05) is 0 Å². The fourth-order valence-corrected chi connectivity index (χ4v) is 4.38. The van der Waals surface area contributed by atoms with Gasteiger partial charge in [0.2, 0.25) is 10.0 Å². The molecule has 1 aliphatic rings. The Morgan fingerprint density at radius 1 is 1.27 bits per heavy atom. The Kier molecular flexibility index (Phi) is 5.02. The Balaban J connectivity index is 1.72. The van der Waals surface area contributed by atoms with Gasteiger partial charge in [-0.2, -0.15) is 5.10 Å². The maximum absolute atomic E-state index is 12.7. The minimum Gasteiger partial charge on any atom is -0.321 e. The number of aromatic nitrogens is 4. The SMILES string of the molecule is CC(C)n1cnc(C2CN(S(C)(=O)=O)c3ccc(C(=O)Nc4cccnc4)cc32)n1. The average molecular weight is 427 g/mol. The van der Waals surface area contributed by atoms with Crippen LogP contribution >= 0.6 is 0 Å². The van der Waals surface area contributed by atoms with E-state index in [4.69, 9.17) is 0 Å². The summed E-state index contributed by atoms with van der Waals surface area (Å²) < 4.78 is 27.8. The van der Waals surface area contributed by atoms with Crippen LogP contribution in [0, 0.1) is 0 Å². The topological polar surface area (TPSA) is 110 Å². The first-order valence-corrected chi connectivity index (χ1v) is 11.3. The smallest absolute Gasteiger partial charge is 0.255 e. The van der Waals surface area contributed by atoms with E-state index in [2.05, 4.69) is 20.4 Å². The number of rotatable bonds is 5. The van der Waals surface area contributed by atoms with Crippen LogP contribution in [0.15, 0.2) is 49.1 Å². The second kappa shape index (κ2) is 7.52. The zero-order chi connectivity index (χ0) is 21.5. The van der Waals surface area contributed by atoms with Gasteiger partial charge < -0.3 is 5.32 Å². The Bertz CT molecular complexity index is 1190. The highest BCUT2D eigenvalue weighted by Crippen LogP contribution is 2.41. The summed E-state index contributed by atoms with van der Waals surface area (Å²) in [6.45, 7) is 4.18. The number of carbonyl (C=O) groups excluding carboxylic acids is 1. The van der Waals surface area contributed by atoms with Crippen LogP contribution in [0.3, 0.4) is 0 Å². The third-order valence-corrected chi connectivity index (χ3v) is 6.12. The third kappa shape index (κ3) is 3.78. The number of hydrogen-bond donors (Lipinski definition) is 1. The molecule has 9 nitrogen and oxygen atoms in total. The fraction of sp³-hybridized carbons (Fsp3) is 0.300. The molecule has 1 aliphatic heterocycles. The molecule has 156 valence electrons. The van der Waals surface area contributed by atoms with Gasteiger partial charge in [0.15, 0.2) is 5.82 Å². The largest absolute Gasteiger partial charge is 0.321 e. The summed E-state index contributed by atoms with van der Waals surface area (Å²) in [5, 5.41) is 7.32. The predicted octanol–water partition coefficient (Wildman–Crippen LogP) is 2.42. The van der Waals surface area contributed by atoms with Gasteiger partial charge in [-0.15, -0.1) is 0 Å². The van der Waals surface area contributed by atoms with Crippen molar-refractivity contribution >= 4 is 27.3 Å². The molecule has 4 rings (SSSR count). The number of amides is 1. The lowest BCUT2D eigenvalue weighted by Gasteiger charge is -2.16. The first-order valence-electron chi connectivity index (χ1n) is 9.48. The van der Waals surface area contributed by atoms with E-state index in [1.807, 2.05) is 13.8 Å². The van der Waals surface area contributed by atoms with Gasteiger partial charge >= 0.3 is 0 Å². The lowest BCUT2D eigenvalue weighted by molar-refractivity contribution is 0.102. The highest BCUT2D eigenvalue weighted by atomic mass is 32.2. The van der Waals surface area contributed by atoms with Gasteiger partial charge in [0.25, 0.3) is 5.91 Å². The van der Waals surface area contributed by atoms with Crippen molar-refractivity contribution in [3.8, 4) is 0 Å². The molecule has 1 aromatic carbocycles. The molecule has 0 aliphatic carbocycles. The summed E-state index contributed by atoms with van der Waals surface area (Å²) in [7, 11) is -3.49. The first-order chi connectivity index (χ1) is 14.2. The minimum absolute atomic E-state index is 0.134. The molecule has 2 aromatic heterocycles. The number of carbonyl (C=O) groups is 1. The van der Waals surface area contributed by atoms with Gasteiger partial charge in [-0.25, -0.2) is 13.4 Å². The van der Waals surface area contributed by atoms with Crippen molar-refractivity contribution in [2.24, 2.45) is 0 Å². The van der Waals surface area contributed by atoms with Crippen LogP contribution in [-0.4, -0.2) is 46.9 Å². The monoisotopic (exact) mass is 426 g/mol. The second-order valence-corrected chi connectivity index (χ2v) is 9.40. The molecule has 30 heavy (non-hydrogen) atoms. The predicted molar refractivity (Wildman–Crippen MR) is 113 cm³/mol. The Labute approximate surface area is 174 Å². The normalized spacial score (nSPS) is 16.0. The first kappa shape index (κ1) is 20.0. The lowest BCUT2D eigenvalue weighted by Crippen LogP contribution is -2.29. The van der Waals surface area contributed by atoms with Crippen LogP contribution < -0.4 is 9.62 Å². The molecular weight excluding hydrogens is 404 g/mol. The standard InChI is InChI=1S/C20H22N6O3S/c1-13(2)25-12-22-19(24-25)17-11-26(30(3,28)29)18-7-6-14(9-16(17)18)20(27)23-15-5-4-8-21-10-15/h4-10,12-13,17H,11H2,1-3H3,(H,23,27). The van der Waals surface area contributed by atoms with Gasteiger partial charge in [0, 0.05) is 24.3 Å². The number of hydrogen-bond acceptors (Lipinski definition) is 6. The molecule has 0 bridgehead atoms. The van der Waals surface area contributed by atoms with Crippen molar-refractivity contribution in [1.29, 1.82) is 0 Å². The minimum atomic E-state index is -3.49. The zero-order valence-corrected chi connectivity index (χ0v) is 17.7. The van der Waals surface area contributed by atoms with E-state index in [1.165, 1.54) is 10.6 Å². The van der Waals surface area contributed by atoms with Crippen LogP contribution in [-0.2, 0) is 10.0 Å². The van der Waals surface area contributed by atoms with Crippen molar-refractivity contribution in [2.45, 2.75) is 25.8 Å². The van der Waals surface area contributed by atoms with Crippen molar-refractivity contribution in [1.82, 2.24) is 19.7 Å². The fourth-order valence-electron chi connectivity index (χ4n) is 3.44. The van der Waals surface area contributed by atoms with Crippen molar-refractivity contribution in [3.05, 3.63) is 66.0 Å². The van der Waals surface area contributed by atoms with E-state index < -0.39 is 10.0 Å². The van der Waals surface area contributed by atoms with Gasteiger partial charge in [-0.3, -0.25) is 18.8 Å². The summed E-state index contributed by atoms with van der Waals surface area (Å²) in [6.07, 6.45) is 5.99. The van der Waals surface area contributed by atoms with Crippen LogP contribution in [0.25, 0.3) is 0 Å². The molecule has 3 heterocycles. The van der Waals surface area contributed by atoms with Crippen molar-refractivity contribution < 1.29 is 13.2 Å². The van der Waals surface area contributed by atoms with Gasteiger partial charge in [0.05, 0.1) is 29.7 Å². The van der Waals surface area contributed by atoms with Gasteiger partial charge in [0.1, 0.15) is 6.33 Å². The number of nitrogens with zero attached hydrogens (tertiary/aromatic N) is 5. The van der Waals surface area contributed by atoms with E-state index in [0.29, 0.717) is 28.3 Å². The second-order valence-electron chi connectivity index (χ2n) is 7.49. The molecule has 0 saturated heterocycles. The number of benzene rings is 1. The number of fused-ring (bicyclic) bond motifs is 1. The Morgan fingerprint density at radius 2 is 2.07 bits per heavy atom. The highest BCUT2D eigenvalue weighted by Gasteiger charge is 2.37. The molecule has 1 amide bonds.